The van der Waals surface area contributed by atoms with Crippen molar-refractivity contribution in [2.75, 3.05) is 0 Å². The van der Waals surface area contributed by atoms with E-state index in [0.717, 1.165) is 12.1 Å². The molecule has 0 aliphatic heterocycles. The molecule has 2 rings (SSSR count). The molecule has 1 aromatic rings. The van der Waals surface area contributed by atoms with Gasteiger partial charge in [-0.1, -0.05) is 62.2 Å². The fourth-order valence-corrected chi connectivity index (χ4v) is 2.50. The van der Waals surface area contributed by atoms with Crippen molar-refractivity contribution in [1.82, 2.24) is 0 Å². The highest BCUT2D eigenvalue weighted by Crippen LogP contribution is 2.37. The maximum absolute atomic E-state index is 5.84. The molecule has 0 aromatic heterocycles. The third-order valence-electron chi connectivity index (χ3n) is 3.62. The van der Waals surface area contributed by atoms with Gasteiger partial charge in [0.25, 0.3) is 0 Å². The molecule has 17 heavy (non-hydrogen) atoms. The Morgan fingerprint density at radius 2 is 2.00 bits per heavy atom. The summed E-state index contributed by atoms with van der Waals surface area (Å²) >= 11 is 0. The van der Waals surface area contributed by atoms with Gasteiger partial charge in [0.2, 0.25) is 0 Å². The minimum Gasteiger partial charge on any atom is -0.399 e. The fraction of sp³-hybridized carbons (Fsp3) is 0.375. The fourth-order valence-electron chi connectivity index (χ4n) is 2.50. The first-order chi connectivity index (χ1) is 8.27. The molecule has 0 radical (unpaired) electrons. The molecule has 1 atom stereocenters. The van der Waals surface area contributed by atoms with Crippen molar-refractivity contribution in [2.24, 2.45) is 5.73 Å². The van der Waals surface area contributed by atoms with Crippen LogP contribution >= 0.6 is 0 Å². The molecular formula is C16H21N. The minimum absolute atomic E-state index is 0.167. The van der Waals surface area contributed by atoms with Gasteiger partial charge in [-0.2, -0.15) is 0 Å². The Morgan fingerprint density at radius 3 is 2.59 bits per heavy atom. The SMILES string of the molecule is CCCCC1(c2ccccc2)C=CC(N)=CC1. The van der Waals surface area contributed by atoms with Gasteiger partial charge in [-0.15, -0.1) is 0 Å². The molecule has 90 valence electrons. The molecule has 1 heteroatoms. The highest BCUT2D eigenvalue weighted by molar-refractivity contribution is 5.37. The van der Waals surface area contributed by atoms with E-state index in [9.17, 15) is 0 Å². The van der Waals surface area contributed by atoms with Crippen LogP contribution in [-0.2, 0) is 5.41 Å². The first kappa shape index (κ1) is 12.0. The lowest BCUT2D eigenvalue weighted by molar-refractivity contribution is 0.467. The largest absolute Gasteiger partial charge is 0.399 e. The van der Waals surface area contributed by atoms with Crippen LogP contribution in [0.5, 0.6) is 0 Å². The normalized spacial score (nSPS) is 23.5. The van der Waals surface area contributed by atoms with E-state index in [1.54, 1.807) is 0 Å². The highest BCUT2D eigenvalue weighted by atomic mass is 14.6. The Kier molecular flexibility index (Phi) is 3.68. The maximum atomic E-state index is 5.84. The Morgan fingerprint density at radius 1 is 1.24 bits per heavy atom. The van der Waals surface area contributed by atoms with Gasteiger partial charge in [0.1, 0.15) is 0 Å². The molecule has 0 bridgehead atoms. The quantitative estimate of drug-likeness (QED) is 0.829. The predicted octanol–water partition coefficient (Wildman–Crippen LogP) is 3.92. The van der Waals surface area contributed by atoms with Gasteiger partial charge in [-0.25, -0.2) is 0 Å². The van der Waals surface area contributed by atoms with E-state index in [1.807, 2.05) is 0 Å². The van der Waals surface area contributed by atoms with Crippen LogP contribution in [0.15, 0.2) is 54.3 Å². The second-order valence-corrected chi connectivity index (χ2v) is 4.87. The smallest absolute Gasteiger partial charge is 0.0270 e. The second-order valence-electron chi connectivity index (χ2n) is 4.87. The van der Waals surface area contributed by atoms with Crippen LogP contribution < -0.4 is 5.73 Å². The van der Waals surface area contributed by atoms with Crippen LogP contribution in [0.3, 0.4) is 0 Å². The molecule has 2 N–H and O–H groups in total. The average molecular weight is 227 g/mol. The zero-order valence-electron chi connectivity index (χ0n) is 10.5. The van der Waals surface area contributed by atoms with Gasteiger partial charge in [0.15, 0.2) is 0 Å². The predicted molar refractivity (Wildman–Crippen MR) is 73.7 cm³/mol. The van der Waals surface area contributed by atoms with E-state index < -0.39 is 0 Å². The summed E-state index contributed by atoms with van der Waals surface area (Å²) < 4.78 is 0. The highest BCUT2D eigenvalue weighted by Gasteiger charge is 2.29. The van der Waals surface area contributed by atoms with Crippen molar-refractivity contribution in [2.45, 2.75) is 38.0 Å². The molecule has 0 spiro atoms. The lowest BCUT2D eigenvalue weighted by Gasteiger charge is -2.32. The molecular weight excluding hydrogens is 206 g/mol. The van der Waals surface area contributed by atoms with E-state index in [2.05, 4.69) is 55.5 Å². The Labute approximate surface area is 104 Å². The molecule has 0 fully saturated rings. The molecule has 1 aliphatic carbocycles. The van der Waals surface area contributed by atoms with E-state index >= 15 is 0 Å². The average Bonchev–Trinajstić information content (AvgIpc) is 2.40. The summed E-state index contributed by atoms with van der Waals surface area (Å²) in [7, 11) is 0. The maximum Gasteiger partial charge on any atom is 0.0270 e. The van der Waals surface area contributed by atoms with Gasteiger partial charge >= 0.3 is 0 Å². The number of benzene rings is 1. The first-order valence-corrected chi connectivity index (χ1v) is 6.47. The minimum atomic E-state index is 0.167. The Hall–Kier alpha value is -1.50. The van der Waals surface area contributed by atoms with Crippen LogP contribution in [-0.4, -0.2) is 0 Å². The summed E-state index contributed by atoms with van der Waals surface area (Å²) in [6.07, 6.45) is 11.2. The second kappa shape index (κ2) is 5.22. The van der Waals surface area contributed by atoms with Gasteiger partial charge < -0.3 is 5.73 Å². The molecule has 1 nitrogen and oxygen atoms in total. The summed E-state index contributed by atoms with van der Waals surface area (Å²) in [6.45, 7) is 2.25. The Bertz CT molecular complexity index is 416. The number of hydrogen-bond acceptors (Lipinski definition) is 1. The van der Waals surface area contributed by atoms with Crippen LogP contribution in [0.1, 0.15) is 38.2 Å². The van der Waals surface area contributed by atoms with Crippen LogP contribution in [0.25, 0.3) is 0 Å². The van der Waals surface area contributed by atoms with Crippen LogP contribution in [0.4, 0.5) is 0 Å². The van der Waals surface area contributed by atoms with Crippen molar-refractivity contribution in [3.63, 3.8) is 0 Å². The molecule has 0 saturated heterocycles. The van der Waals surface area contributed by atoms with Crippen LogP contribution in [0, 0.1) is 0 Å². The number of allylic oxidation sites excluding steroid dienone is 3. The zero-order valence-corrected chi connectivity index (χ0v) is 10.5. The van der Waals surface area contributed by atoms with Crippen molar-refractivity contribution in [1.29, 1.82) is 0 Å². The Balaban J connectivity index is 2.29. The van der Waals surface area contributed by atoms with Gasteiger partial charge in [0, 0.05) is 11.1 Å². The lowest BCUT2D eigenvalue weighted by atomic mass is 9.72. The van der Waals surface area contributed by atoms with E-state index in [1.165, 1.54) is 24.8 Å². The monoisotopic (exact) mass is 227 g/mol. The standard InChI is InChI=1S/C16H21N/c1-2-3-11-16(12-9-15(17)10-13-16)14-7-5-4-6-8-14/h4-10,12H,2-3,11,13,17H2,1H3. The van der Waals surface area contributed by atoms with Crippen LogP contribution in [0.2, 0.25) is 0 Å². The molecule has 1 unspecified atom stereocenters. The first-order valence-electron chi connectivity index (χ1n) is 6.47. The topological polar surface area (TPSA) is 26.0 Å². The van der Waals surface area contributed by atoms with Crippen molar-refractivity contribution < 1.29 is 0 Å². The summed E-state index contributed by atoms with van der Waals surface area (Å²) in [5, 5.41) is 0. The van der Waals surface area contributed by atoms with E-state index in [4.69, 9.17) is 5.73 Å². The van der Waals surface area contributed by atoms with Gasteiger partial charge in [-0.3, -0.25) is 0 Å². The summed E-state index contributed by atoms with van der Waals surface area (Å²) in [5.41, 5.74) is 8.31. The summed E-state index contributed by atoms with van der Waals surface area (Å²) in [5.74, 6) is 0. The molecule has 0 saturated carbocycles. The van der Waals surface area contributed by atoms with Crippen molar-refractivity contribution >= 4 is 0 Å². The van der Waals surface area contributed by atoms with Gasteiger partial charge in [-0.05, 0) is 24.5 Å². The molecule has 0 heterocycles. The van der Waals surface area contributed by atoms with E-state index in [0.29, 0.717) is 0 Å². The molecule has 0 amide bonds. The number of nitrogens with two attached hydrogens (primary N) is 1. The van der Waals surface area contributed by atoms with Gasteiger partial charge in [0.05, 0.1) is 0 Å². The van der Waals surface area contributed by atoms with Crippen molar-refractivity contribution in [3.05, 3.63) is 59.8 Å². The number of hydrogen-bond donors (Lipinski definition) is 1. The lowest BCUT2D eigenvalue weighted by Crippen LogP contribution is -2.25. The summed E-state index contributed by atoms with van der Waals surface area (Å²) in [4.78, 5) is 0. The number of rotatable bonds is 4. The summed E-state index contributed by atoms with van der Waals surface area (Å²) in [6, 6.07) is 10.8. The zero-order chi connectivity index (χ0) is 12.1. The van der Waals surface area contributed by atoms with Crippen molar-refractivity contribution in [3.8, 4) is 0 Å². The number of unbranched alkanes of at least 4 members (excludes halogenated alkanes) is 1. The van der Waals surface area contributed by atoms with E-state index in [-0.39, 0.29) is 5.41 Å². The third kappa shape index (κ3) is 2.60. The molecule has 1 aromatic carbocycles. The molecule has 1 aliphatic rings. The third-order valence-corrected chi connectivity index (χ3v) is 3.62.